The zero-order valence-corrected chi connectivity index (χ0v) is 11.1. The van der Waals surface area contributed by atoms with Gasteiger partial charge in [0.1, 0.15) is 12.3 Å². The van der Waals surface area contributed by atoms with Crippen LogP contribution in [0.15, 0.2) is 15.8 Å². The van der Waals surface area contributed by atoms with Gasteiger partial charge in [0.2, 0.25) is 0 Å². The zero-order chi connectivity index (χ0) is 14.9. The molecule has 8 nitrogen and oxygen atoms in total. The fourth-order valence-corrected chi connectivity index (χ4v) is 2.31. The summed E-state index contributed by atoms with van der Waals surface area (Å²) in [6.07, 6.45) is -0.822. The molecule has 2 heterocycles. The van der Waals surface area contributed by atoms with Crippen LogP contribution in [0, 0.1) is 6.92 Å². The Kier molecular flexibility index (Phi) is 4.39. The minimum absolute atomic E-state index is 0.0992. The highest BCUT2D eigenvalue weighted by molar-refractivity contribution is 5.04. The van der Waals surface area contributed by atoms with Gasteiger partial charge < -0.3 is 20.1 Å². The molecule has 1 aromatic rings. The number of aliphatic hydroxyl groups excluding tert-OH is 3. The van der Waals surface area contributed by atoms with E-state index in [4.69, 9.17) is 14.9 Å². The summed E-state index contributed by atoms with van der Waals surface area (Å²) in [5.74, 6) is 0. The Bertz CT molecular complexity index is 593. The van der Waals surface area contributed by atoms with Crippen LogP contribution in [0.25, 0.3) is 0 Å². The van der Waals surface area contributed by atoms with Crippen molar-refractivity contribution in [3.63, 3.8) is 0 Å². The van der Waals surface area contributed by atoms with Crippen molar-refractivity contribution in [1.29, 1.82) is 0 Å². The van der Waals surface area contributed by atoms with E-state index in [1.165, 1.54) is 10.8 Å². The molecule has 1 fully saturated rings. The molecule has 1 aromatic heterocycles. The standard InChI is InChI=1S/C12H18N2O6/c1-7-5-14(10-4-8(17)9(6-16)20-10)12(19)13(2-3-15)11(7)18/h5,8-10,15-17H,2-4,6H2,1H3/t8-,9+,10+/m0/s1. The van der Waals surface area contributed by atoms with E-state index >= 15 is 0 Å². The Morgan fingerprint density at radius 3 is 2.65 bits per heavy atom. The van der Waals surface area contributed by atoms with Crippen LogP contribution in [0.4, 0.5) is 0 Å². The van der Waals surface area contributed by atoms with Gasteiger partial charge in [0.05, 0.1) is 25.9 Å². The third-order valence-electron chi connectivity index (χ3n) is 3.38. The SMILES string of the molecule is Cc1cn([C@H]2C[C@H](O)[C@@H](CO)O2)c(=O)n(CCO)c1=O. The van der Waals surface area contributed by atoms with Crippen LogP contribution in [0.3, 0.4) is 0 Å². The summed E-state index contributed by atoms with van der Waals surface area (Å²) in [4.78, 5) is 24.1. The normalized spacial score (nSPS) is 26.1. The highest BCUT2D eigenvalue weighted by atomic mass is 16.5. The van der Waals surface area contributed by atoms with E-state index in [1.54, 1.807) is 6.92 Å². The second-order valence-corrected chi connectivity index (χ2v) is 4.80. The first-order valence-electron chi connectivity index (χ1n) is 6.37. The van der Waals surface area contributed by atoms with Crippen molar-refractivity contribution in [3.05, 3.63) is 32.6 Å². The maximum Gasteiger partial charge on any atom is 0.333 e. The molecule has 1 aliphatic rings. The fourth-order valence-electron chi connectivity index (χ4n) is 2.31. The molecule has 3 atom stereocenters. The maximum absolute atomic E-state index is 12.2. The molecule has 3 N–H and O–H groups in total. The van der Waals surface area contributed by atoms with Crippen molar-refractivity contribution in [1.82, 2.24) is 9.13 Å². The summed E-state index contributed by atoms with van der Waals surface area (Å²) in [6.45, 7) is 0.785. The molecule has 0 bridgehead atoms. The molecule has 0 saturated carbocycles. The minimum atomic E-state index is -0.865. The van der Waals surface area contributed by atoms with Gasteiger partial charge in [-0.3, -0.25) is 13.9 Å². The molecular weight excluding hydrogens is 268 g/mol. The van der Waals surface area contributed by atoms with Crippen LogP contribution in [0.2, 0.25) is 0 Å². The van der Waals surface area contributed by atoms with Crippen molar-refractivity contribution in [2.75, 3.05) is 13.2 Å². The third kappa shape index (κ3) is 2.55. The lowest BCUT2D eigenvalue weighted by Crippen LogP contribution is -2.42. The van der Waals surface area contributed by atoms with Crippen LogP contribution in [-0.2, 0) is 11.3 Å². The highest BCUT2D eigenvalue weighted by Crippen LogP contribution is 2.27. The number of ether oxygens (including phenoxy) is 1. The molecule has 1 saturated heterocycles. The smallest absolute Gasteiger partial charge is 0.333 e. The number of rotatable bonds is 4. The summed E-state index contributed by atoms with van der Waals surface area (Å²) >= 11 is 0. The summed E-state index contributed by atoms with van der Waals surface area (Å²) in [5, 5.41) is 27.7. The average molecular weight is 286 g/mol. The largest absolute Gasteiger partial charge is 0.395 e. The molecule has 0 amide bonds. The molecule has 0 aromatic carbocycles. The van der Waals surface area contributed by atoms with Gasteiger partial charge in [-0.2, -0.15) is 0 Å². The minimum Gasteiger partial charge on any atom is -0.395 e. The lowest BCUT2D eigenvalue weighted by Gasteiger charge is -2.17. The number of aromatic nitrogens is 2. The predicted molar refractivity (Wildman–Crippen MR) is 68.4 cm³/mol. The molecule has 0 spiro atoms. The quantitative estimate of drug-likeness (QED) is 0.587. The van der Waals surface area contributed by atoms with E-state index in [0.29, 0.717) is 5.56 Å². The van der Waals surface area contributed by atoms with E-state index in [1.807, 2.05) is 0 Å². The van der Waals surface area contributed by atoms with Gasteiger partial charge >= 0.3 is 5.69 Å². The van der Waals surface area contributed by atoms with Crippen molar-refractivity contribution >= 4 is 0 Å². The average Bonchev–Trinajstić information content (AvgIpc) is 2.80. The molecule has 1 aliphatic heterocycles. The number of hydrogen-bond acceptors (Lipinski definition) is 6. The van der Waals surface area contributed by atoms with Gasteiger partial charge in [-0.1, -0.05) is 0 Å². The third-order valence-corrected chi connectivity index (χ3v) is 3.38. The van der Waals surface area contributed by atoms with E-state index in [-0.39, 0.29) is 26.2 Å². The Morgan fingerprint density at radius 2 is 2.10 bits per heavy atom. The predicted octanol–water partition coefficient (Wildman–Crippen LogP) is -2.05. The fraction of sp³-hybridized carbons (Fsp3) is 0.667. The van der Waals surface area contributed by atoms with Crippen LogP contribution in [0.5, 0.6) is 0 Å². The summed E-state index contributed by atoms with van der Waals surface area (Å²) in [7, 11) is 0. The number of nitrogens with zero attached hydrogens (tertiary/aromatic N) is 2. The summed E-state index contributed by atoms with van der Waals surface area (Å²) < 4.78 is 7.54. The topological polar surface area (TPSA) is 114 Å². The summed E-state index contributed by atoms with van der Waals surface area (Å²) in [5.41, 5.74) is -0.730. The first kappa shape index (κ1) is 14.9. The highest BCUT2D eigenvalue weighted by Gasteiger charge is 2.35. The Morgan fingerprint density at radius 1 is 1.40 bits per heavy atom. The molecule has 8 heteroatoms. The molecule has 0 unspecified atom stereocenters. The van der Waals surface area contributed by atoms with E-state index in [2.05, 4.69) is 0 Å². The van der Waals surface area contributed by atoms with Crippen molar-refractivity contribution in [3.8, 4) is 0 Å². The Balaban J connectivity index is 2.43. The number of aryl methyl sites for hydroxylation is 1. The number of hydrogen-bond donors (Lipinski definition) is 3. The Hall–Kier alpha value is -1.48. The van der Waals surface area contributed by atoms with Crippen molar-refractivity contribution in [2.24, 2.45) is 0 Å². The molecule has 112 valence electrons. The monoisotopic (exact) mass is 286 g/mol. The lowest BCUT2D eigenvalue weighted by molar-refractivity contribution is -0.0464. The van der Waals surface area contributed by atoms with Crippen molar-refractivity contribution in [2.45, 2.75) is 38.3 Å². The second-order valence-electron chi connectivity index (χ2n) is 4.80. The first-order chi connectivity index (χ1) is 9.49. The molecule has 20 heavy (non-hydrogen) atoms. The molecule has 0 aliphatic carbocycles. The van der Waals surface area contributed by atoms with E-state index in [9.17, 15) is 14.7 Å². The second kappa shape index (κ2) is 5.88. The van der Waals surface area contributed by atoms with Crippen LogP contribution in [-0.4, -0.2) is 49.9 Å². The van der Waals surface area contributed by atoms with Gasteiger partial charge in [0.15, 0.2) is 0 Å². The number of aliphatic hydroxyl groups is 3. The van der Waals surface area contributed by atoms with Crippen LogP contribution in [0.1, 0.15) is 18.2 Å². The van der Waals surface area contributed by atoms with E-state index in [0.717, 1.165) is 4.57 Å². The molecule has 2 rings (SSSR count). The summed E-state index contributed by atoms with van der Waals surface area (Å²) in [6, 6.07) is 0. The zero-order valence-electron chi connectivity index (χ0n) is 11.1. The lowest BCUT2D eigenvalue weighted by atomic mass is 10.2. The first-order valence-corrected chi connectivity index (χ1v) is 6.37. The maximum atomic E-state index is 12.2. The van der Waals surface area contributed by atoms with Crippen molar-refractivity contribution < 1.29 is 20.1 Å². The molecule has 0 radical (unpaired) electrons. The van der Waals surface area contributed by atoms with Gasteiger partial charge in [0.25, 0.3) is 5.56 Å². The van der Waals surface area contributed by atoms with Crippen LogP contribution < -0.4 is 11.2 Å². The molecular formula is C12H18N2O6. The van der Waals surface area contributed by atoms with E-state index < -0.39 is 29.7 Å². The van der Waals surface area contributed by atoms with Gasteiger partial charge in [-0.25, -0.2) is 4.79 Å². The van der Waals surface area contributed by atoms with Gasteiger partial charge in [-0.05, 0) is 6.92 Å². The Labute approximate surface area is 114 Å². The van der Waals surface area contributed by atoms with Crippen LogP contribution >= 0.6 is 0 Å². The van der Waals surface area contributed by atoms with Gasteiger partial charge in [0, 0.05) is 18.2 Å². The van der Waals surface area contributed by atoms with Gasteiger partial charge in [-0.15, -0.1) is 0 Å².